The van der Waals surface area contributed by atoms with Crippen LogP contribution in [0, 0.1) is 5.82 Å². The summed E-state index contributed by atoms with van der Waals surface area (Å²) in [7, 11) is 3.03. The molecule has 0 spiro atoms. The molecule has 0 saturated heterocycles. The third kappa shape index (κ3) is 3.94. The van der Waals surface area contributed by atoms with Gasteiger partial charge in [0.05, 0.1) is 17.8 Å². The lowest BCUT2D eigenvalue weighted by Gasteiger charge is -2.13. The Morgan fingerprint density at radius 3 is 2.50 bits per heavy atom. The molecule has 3 amide bonds. The molecule has 0 aromatic heterocycles. The summed E-state index contributed by atoms with van der Waals surface area (Å²) in [6.45, 7) is -0.282. The van der Waals surface area contributed by atoms with Crippen molar-refractivity contribution in [2.75, 3.05) is 26.0 Å². The van der Waals surface area contributed by atoms with E-state index >= 15 is 0 Å². The second kappa shape index (κ2) is 6.50. The first-order chi connectivity index (χ1) is 9.32. The monoisotopic (exact) mass is 283 g/mol. The topological polar surface area (TPSA) is 98.7 Å². The maximum Gasteiger partial charge on any atom is 0.337 e. The van der Waals surface area contributed by atoms with Crippen LogP contribution in [-0.2, 0) is 4.79 Å². The standard InChI is InChI=1S/C12H14FN3O4/c1-16(2)9(17)6-14-12(20)15-10-7(11(18)19)4-3-5-8(10)13/h3-5H,6H2,1-2H3,(H,18,19)(H2,14,15,20). The van der Waals surface area contributed by atoms with Gasteiger partial charge in [-0.05, 0) is 12.1 Å². The molecule has 108 valence electrons. The molecule has 1 rings (SSSR count). The Labute approximate surface area is 114 Å². The van der Waals surface area contributed by atoms with Crippen LogP contribution in [0.1, 0.15) is 10.4 Å². The van der Waals surface area contributed by atoms with E-state index in [9.17, 15) is 18.8 Å². The summed E-state index contributed by atoms with van der Waals surface area (Å²) in [4.78, 5) is 35.0. The van der Waals surface area contributed by atoms with Crippen molar-refractivity contribution in [2.24, 2.45) is 0 Å². The lowest BCUT2D eigenvalue weighted by atomic mass is 10.1. The zero-order valence-corrected chi connectivity index (χ0v) is 10.9. The number of hydrogen-bond donors (Lipinski definition) is 3. The third-order valence-corrected chi connectivity index (χ3v) is 2.38. The molecule has 1 aromatic carbocycles. The number of likely N-dealkylation sites (N-methyl/N-ethyl adjacent to an activating group) is 1. The van der Waals surface area contributed by atoms with Crippen molar-refractivity contribution in [3.63, 3.8) is 0 Å². The van der Waals surface area contributed by atoms with Crippen LogP contribution in [0.2, 0.25) is 0 Å². The van der Waals surface area contributed by atoms with Crippen LogP contribution in [0.4, 0.5) is 14.9 Å². The average Bonchev–Trinajstić information content (AvgIpc) is 2.37. The summed E-state index contributed by atoms with van der Waals surface area (Å²) in [5, 5.41) is 13.2. The van der Waals surface area contributed by atoms with Crippen LogP contribution in [0.5, 0.6) is 0 Å². The highest BCUT2D eigenvalue weighted by Gasteiger charge is 2.16. The van der Waals surface area contributed by atoms with E-state index in [1.165, 1.54) is 25.1 Å². The van der Waals surface area contributed by atoms with Crippen LogP contribution in [0.25, 0.3) is 0 Å². The largest absolute Gasteiger partial charge is 0.478 e. The fourth-order valence-corrected chi connectivity index (χ4v) is 1.30. The summed E-state index contributed by atoms with van der Waals surface area (Å²) in [6.07, 6.45) is 0. The van der Waals surface area contributed by atoms with Crippen molar-refractivity contribution in [1.82, 2.24) is 10.2 Å². The second-order valence-electron chi connectivity index (χ2n) is 4.06. The molecule has 0 aliphatic rings. The van der Waals surface area contributed by atoms with Gasteiger partial charge in [-0.1, -0.05) is 6.07 Å². The molecule has 0 saturated carbocycles. The number of para-hydroxylation sites is 1. The van der Waals surface area contributed by atoms with Crippen molar-refractivity contribution in [2.45, 2.75) is 0 Å². The Morgan fingerprint density at radius 2 is 1.95 bits per heavy atom. The van der Waals surface area contributed by atoms with Crippen molar-refractivity contribution in [3.8, 4) is 0 Å². The number of carboxylic acids is 1. The summed E-state index contributed by atoms with van der Waals surface area (Å²) < 4.78 is 13.5. The molecule has 1 aromatic rings. The third-order valence-electron chi connectivity index (χ3n) is 2.38. The first kappa shape index (κ1) is 15.4. The van der Waals surface area contributed by atoms with Gasteiger partial charge in [0.15, 0.2) is 0 Å². The number of urea groups is 1. The van der Waals surface area contributed by atoms with Gasteiger partial charge >= 0.3 is 12.0 Å². The number of nitrogens with zero attached hydrogens (tertiary/aromatic N) is 1. The van der Waals surface area contributed by atoms with E-state index in [4.69, 9.17) is 5.11 Å². The van der Waals surface area contributed by atoms with Crippen LogP contribution >= 0.6 is 0 Å². The van der Waals surface area contributed by atoms with Crippen molar-refractivity contribution < 1.29 is 23.9 Å². The number of benzene rings is 1. The van der Waals surface area contributed by atoms with Gasteiger partial charge in [0.1, 0.15) is 5.82 Å². The van der Waals surface area contributed by atoms with E-state index in [-0.39, 0.29) is 18.0 Å². The van der Waals surface area contributed by atoms with Gasteiger partial charge in [-0.3, -0.25) is 4.79 Å². The minimum Gasteiger partial charge on any atom is -0.478 e. The molecule has 0 unspecified atom stereocenters. The quantitative estimate of drug-likeness (QED) is 0.758. The van der Waals surface area contributed by atoms with Gasteiger partial charge in [0.2, 0.25) is 5.91 Å². The van der Waals surface area contributed by atoms with Gasteiger partial charge in [-0.25, -0.2) is 14.0 Å². The van der Waals surface area contributed by atoms with Crippen LogP contribution < -0.4 is 10.6 Å². The van der Waals surface area contributed by atoms with E-state index in [1.54, 1.807) is 0 Å². The molecule has 7 nitrogen and oxygen atoms in total. The molecule has 20 heavy (non-hydrogen) atoms. The number of halogens is 1. The smallest absolute Gasteiger partial charge is 0.337 e. The molecular formula is C12H14FN3O4. The summed E-state index contributed by atoms with van der Waals surface area (Å²) in [5.74, 6) is -2.60. The Balaban J connectivity index is 2.76. The molecule has 0 radical (unpaired) electrons. The van der Waals surface area contributed by atoms with E-state index in [0.29, 0.717) is 0 Å². The molecule has 0 heterocycles. The van der Waals surface area contributed by atoms with Crippen LogP contribution in [-0.4, -0.2) is 48.6 Å². The molecule has 3 N–H and O–H groups in total. The van der Waals surface area contributed by atoms with Gasteiger partial charge in [0.25, 0.3) is 0 Å². The maximum absolute atomic E-state index is 13.5. The SMILES string of the molecule is CN(C)C(=O)CNC(=O)Nc1c(F)cccc1C(=O)O. The van der Waals surface area contributed by atoms with Crippen molar-refractivity contribution in [1.29, 1.82) is 0 Å². The molecule has 0 bridgehead atoms. The number of carbonyl (C=O) groups excluding carboxylic acids is 2. The highest BCUT2D eigenvalue weighted by Crippen LogP contribution is 2.19. The van der Waals surface area contributed by atoms with Crippen molar-refractivity contribution >= 4 is 23.6 Å². The first-order valence-electron chi connectivity index (χ1n) is 5.59. The first-order valence-corrected chi connectivity index (χ1v) is 5.59. The molecule has 0 aliphatic heterocycles. The molecule has 0 aliphatic carbocycles. The van der Waals surface area contributed by atoms with Crippen LogP contribution in [0.15, 0.2) is 18.2 Å². The maximum atomic E-state index is 13.5. The normalized spacial score (nSPS) is 9.75. The minimum atomic E-state index is -1.37. The van der Waals surface area contributed by atoms with Gasteiger partial charge in [-0.2, -0.15) is 0 Å². The Hall–Kier alpha value is -2.64. The second-order valence-corrected chi connectivity index (χ2v) is 4.06. The molecule has 0 atom stereocenters. The van der Waals surface area contributed by atoms with Gasteiger partial charge in [-0.15, -0.1) is 0 Å². The molecule has 0 fully saturated rings. The van der Waals surface area contributed by atoms with Crippen molar-refractivity contribution in [3.05, 3.63) is 29.6 Å². The number of nitrogens with one attached hydrogen (secondary N) is 2. The number of aromatic carboxylic acids is 1. The minimum absolute atomic E-state index is 0.282. The Bertz CT molecular complexity index is 546. The Kier molecular flexibility index (Phi) is 5.01. The van der Waals surface area contributed by atoms with E-state index < -0.39 is 23.5 Å². The summed E-state index contributed by atoms with van der Waals surface area (Å²) >= 11 is 0. The predicted octanol–water partition coefficient (Wildman–Crippen LogP) is 0.734. The highest BCUT2D eigenvalue weighted by molar-refractivity contribution is 6.00. The zero-order valence-electron chi connectivity index (χ0n) is 10.9. The van der Waals surface area contributed by atoms with E-state index in [2.05, 4.69) is 10.6 Å². The lowest BCUT2D eigenvalue weighted by Crippen LogP contribution is -2.38. The number of hydrogen-bond acceptors (Lipinski definition) is 3. The fourth-order valence-electron chi connectivity index (χ4n) is 1.30. The van der Waals surface area contributed by atoms with Gasteiger partial charge in [0, 0.05) is 14.1 Å². The van der Waals surface area contributed by atoms with E-state index in [1.807, 2.05) is 0 Å². The predicted molar refractivity (Wildman–Crippen MR) is 69.1 cm³/mol. The average molecular weight is 283 g/mol. The number of amides is 3. The van der Waals surface area contributed by atoms with E-state index in [0.717, 1.165) is 12.1 Å². The number of carbonyl (C=O) groups is 3. The number of anilines is 1. The highest BCUT2D eigenvalue weighted by atomic mass is 19.1. The lowest BCUT2D eigenvalue weighted by molar-refractivity contribution is -0.127. The van der Waals surface area contributed by atoms with Gasteiger partial charge < -0.3 is 20.6 Å². The number of rotatable bonds is 4. The fraction of sp³-hybridized carbons (Fsp3) is 0.250. The molecular weight excluding hydrogens is 269 g/mol. The number of carboxylic acid groups (broad SMARTS) is 1. The Morgan fingerprint density at radius 1 is 1.30 bits per heavy atom. The summed E-state index contributed by atoms with van der Waals surface area (Å²) in [5.41, 5.74) is -0.825. The molecule has 8 heteroatoms. The zero-order chi connectivity index (χ0) is 15.3. The van der Waals surface area contributed by atoms with Crippen LogP contribution in [0.3, 0.4) is 0 Å². The summed E-state index contributed by atoms with van der Waals surface area (Å²) in [6, 6.07) is 2.53.